The molecule has 0 unspecified atom stereocenters. The Morgan fingerprint density at radius 3 is 2.18 bits per heavy atom. The monoisotopic (exact) mass is 311 g/mol. The van der Waals surface area contributed by atoms with Crippen LogP contribution in [-0.2, 0) is 9.53 Å². The van der Waals surface area contributed by atoms with Gasteiger partial charge in [0.05, 0.1) is 13.2 Å². The van der Waals surface area contributed by atoms with Gasteiger partial charge in [-0.05, 0) is 32.4 Å². The van der Waals surface area contributed by atoms with E-state index in [9.17, 15) is 4.79 Å². The lowest BCUT2D eigenvalue weighted by atomic mass is 10.2. The first-order valence-corrected chi connectivity index (χ1v) is 9.10. The van der Waals surface area contributed by atoms with Gasteiger partial charge in [-0.2, -0.15) is 0 Å². The first-order valence-electron chi connectivity index (χ1n) is 9.10. The van der Waals surface area contributed by atoms with E-state index in [4.69, 9.17) is 4.74 Å². The molecule has 0 aromatic heterocycles. The van der Waals surface area contributed by atoms with Crippen LogP contribution in [0.3, 0.4) is 0 Å². The molecule has 0 radical (unpaired) electrons. The predicted molar refractivity (Wildman–Crippen MR) is 89.0 cm³/mol. The van der Waals surface area contributed by atoms with Gasteiger partial charge in [0.15, 0.2) is 0 Å². The van der Waals surface area contributed by atoms with Crippen LogP contribution in [-0.4, -0.2) is 86.2 Å². The molecule has 2 rings (SSSR count). The van der Waals surface area contributed by atoms with Crippen molar-refractivity contribution in [2.75, 3.05) is 65.6 Å². The number of nitrogens with zero attached hydrogens (tertiary/aromatic N) is 3. The molecule has 5 heteroatoms. The van der Waals surface area contributed by atoms with E-state index < -0.39 is 0 Å². The topological polar surface area (TPSA) is 36.0 Å². The molecule has 2 aliphatic rings. The molecule has 0 spiro atoms. The molecule has 2 heterocycles. The van der Waals surface area contributed by atoms with E-state index in [1.54, 1.807) is 0 Å². The molecule has 2 aliphatic heterocycles. The Bertz CT molecular complexity index is 309. The van der Waals surface area contributed by atoms with Crippen LogP contribution in [0.25, 0.3) is 0 Å². The summed E-state index contributed by atoms with van der Waals surface area (Å²) in [6.45, 7) is 11.3. The molecule has 5 nitrogen and oxygen atoms in total. The normalized spacial score (nSPS) is 21.8. The highest BCUT2D eigenvalue weighted by Crippen LogP contribution is 2.10. The lowest BCUT2D eigenvalue weighted by molar-refractivity contribution is -0.134. The third kappa shape index (κ3) is 6.23. The molecule has 22 heavy (non-hydrogen) atoms. The van der Waals surface area contributed by atoms with Crippen LogP contribution in [0.15, 0.2) is 0 Å². The summed E-state index contributed by atoms with van der Waals surface area (Å²) in [5.74, 6) is 0.323. The van der Waals surface area contributed by atoms with Crippen molar-refractivity contribution in [1.82, 2.24) is 14.7 Å². The third-order valence-corrected chi connectivity index (χ3v) is 4.68. The fourth-order valence-corrected chi connectivity index (χ4v) is 3.25. The van der Waals surface area contributed by atoms with E-state index in [1.807, 2.05) is 4.90 Å². The summed E-state index contributed by atoms with van der Waals surface area (Å²) in [4.78, 5) is 19.2. The molecule has 0 saturated carbocycles. The zero-order chi connectivity index (χ0) is 15.6. The Kier molecular flexibility index (Phi) is 8.20. The number of piperazine rings is 1. The van der Waals surface area contributed by atoms with E-state index in [0.717, 1.165) is 65.4 Å². The molecule has 0 atom stereocenters. The standard InChI is InChI=1S/C17H33N3O2/c1-2-14-22-15-13-18-9-11-20(12-10-18)17(21)16-19-7-5-3-4-6-8-19/h2-16H2,1H3. The lowest BCUT2D eigenvalue weighted by Crippen LogP contribution is -2.51. The van der Waals surface area contributed by atoms with Crippen molar-refractivity contribution < 1.29 is 9.53 Å². The van der Waals surface area contributed by atoms with Crippen LogP contribution in [0.5, 0.6) is 0 Å². The van der Waals surface area contributed by atoms with Crippen LogP contribution in [0.1, 0.15) is 39.0 Å². The minimum Gasteiger partial charge on any atom is -0.380 e. The summed E-state index contributed by atoms with van der Waals surface area (Å²) in [5, 5.41) is 0. The second-order valence-corrected chi connectivity index (χ2v) is 6.53. The average Bonchev–Trinajstić information content (AvgIpc) is 2.81. The number of rotatable bonds is 7. The first-order chi connectivity index (χ1) is 10.8. The quantitative estimate of drug-likeness (QED) is 0.667. The van der Waals surface area contributed by atoms with Gasteiger partial charge in [-0.1, -0.05) is 19.8 Å². The summed E-state index contributed by atoms with van der Waals surface area (Å²) in [7, 11) is 0. The van der Waals surface area contributed by atoms with Crippen molar-refractivity contribution in [3.05, 3.63) is 0 Å². The minimum absolute atomic E-state index is 0.323. The van der Waals surface area contributed by atoms with E-state index in [1.165, 1.54) is 25.7 Å². The maximum Gasteiger partial charge on any atom is 0.236 e. The minimum atomic E-state index is 0.323. The summed E-state index contributed by atoms with van der Waals surface area (Å²) in [5.41, 5.74) is 0. The van der Waals surface area contributed by atoms with E-state index in [2.05, 4.69) is 16.7 Å². The Balaban J connectivity index is 1.62. The largest absolute Gasteiger partial charge is 0.380 e. The van der Waals surface area contributed by atoms with Crippen molar-refractivity contribution in [2.45, 2.75) is 39.0 Å². The van der Waals surface area contributed by atoms with Gasteiger partial charge >= 0.3 is 0 Å². The van der Waals surface area contributed by atoms with Gasteiger partial charge in [0.1, 0.15) is 0 Å². The summed E-state index contributed by atoms with van der Waals surface area (Å²) in [6.07, 6.45) is 6.23. The summed E-state index contributed by atoms with van der Waals surface area (Å²) in [6, 6.07) is 0. The molecule has 0 bridgehead atoms. The maximum absolute atomic E-state index is 12.4. The molecule has 128 valence electrons. The van der Waals surface area contributed by atoms with Crippen LogP contribution in [0.4, 0.5) is 0 Å². The smallest absolute Gasteiger partial charge is 0.236 e. The lowest BCUT2D eigenvalue weighted by Gasteiger charge is -2.35. The molecule has 2 fully saturated rings. The van der Waals surface area contributed by atoms with E-state index >= 15 is 0 Å². The molecule has 1 amide bonds. The van der Waals surface area contributed by atoms with Crippen molar-refractivity contribution in [3.63, 3.8) is 0 Å². The molecule has 0 aromatic rings. The number of carbonyl (C=O) groups is 1. The number of hydrogen-bond acceptors (Lipinski definition) is 4. The predicted octanol–water partition coefficient (Wildman–Crippen LogP) is 1.43. The number of carbonyl (C=O) groups excluding carboxylic acids is 1. The fraction of sp³-hybridized carbons (Fsp3) is 0.941. The first kappa shape index (κ1) is 17.7. The number of hydrogen-bond donors (Lipinski definition) is 0. The van der Waals surface area contributed by atoms with Crippen molar-refractivity contribution in [3.8, 4) is 0 Å². The average molecular weight is 311 g/mol. The maximum atomic E-state index is 12.4. The molecule has 2 saturated heterocycles. The highest BCUT2D eigenvalue weighted by Gasteiger charge is 2.22. The van der Waals surface area contributed by atoms with E-state index in [0.29, 0.717) is 12.5 Å². The molecular weight excluding hydrogens is 278 g/mol. The second-order valence-electron chi connectivity index (χ2n) is 6.53. The van der Waals surface area contributed by atoms with Gasteiger partial charge in [0, 0.05) is 39.3 Å². The van der Waals surface area contributed by atoms with Crippen molar-refractivity contribution >= 4 is 5.91 Å². The fourth-order valence-electron chi connectivity index (χ4n) is 3.25. The molecular formula is C17H33N3O2. The highest BCUT2D eigenvalue weighted by atomic mass is 16.5. The van der Waals surface area contributed by atoms with Crippen LogP contribution in [0, 0.1) is 0 Å². The zero-order valence-electron chi connectivity index (χ0n) is 14.3. The Morgan fingerprint density at radius 2 is 1.55 bits per heavy atom. The molecule has 0 aromatic carbocycles. The van der Waals surface area contributed by atoms with Crippen molar-refractivity contribution in [2.24, 2.45) is 0 Å². The van der Waals surface area contributed by atoms with Crippen molar-refractivity contribution in [1.29, 1.82) is 0 Å². The Labute approximate surface area is 135 Å². The van der Waals surface area contributed by atoms with Gasteiger partial charge in [-0.25, -0.2) is 0 Å². The van der Waals surface area contributed by atoms with Gasteiger partial charge in [-0.3, -0.25) is 14.6 Å². The number of ether oxygens (including phenoxy) is 1. The third-order valence-electron chi connectivity index (χ3n) is 4.68. The number of amides is 1. The summed E-state index contributed by atoms with van der Waals surface area (Å²) >= 11 is 0. The van der Waals surface area contributed by atoms with Gasteiger partial charge in [0.2, 0.25) is 5.91 Å². The Morgan fingerprint density at radius 1 is 0.864 bits per heavy atom. The SMILES string of the molecule is CCCOCCN1CCN(C(=O)CN2CCCCCC2)CC1. The van der Waals surface area contributed by atoms with Gasteiger partial charge in [0.25, 0.3) is 0 Å². The Hall–Kier alpha value is -0.650. The van der Waals surface area contributed by atoms with Crippen LogP contribution < -0.4 is 0 Å². The number of likely N-dealkylation sites (tertiary alicyclic amines) is 1. The molecule has 0 aliphatic carbocycles. The zero-order valence-corrected chi connectivity index (χ0v) is 14.3. The summed E-state index contributed by atoms with van der Waals surface area (Å²) < 4.78 is 5.54. The van der Waals surface area contributed by atoms with Gasteiger partial charge in [-0.15, -0.1) is 0 Å². The van der Waals surface area contributed by atoms with Gasteiger partial charge < -0.3 is 9.64 Å². The molecule has 0 N–H and O–H groups in total. The van der Waals surface area contributed by atoms with Crippen LogP contribution in [0.2, 0.25) is 0 Å². The van der Waals surface area contributed by atoms with E-state index in [-0.39, 0.29) is 0 Å². The van der Waals surface area contributed by atoms with Crippen LogP contribution >= 0.6 is 0 Å². The second kappa shape index (κ2) is 10.2. The highest BCUT2D eigenvalue weighted by molar-refractivity contribution is 5.78.